The van der Waals surface area contributed by atoms with Crippen molar-refractivity contribution in [1.29, 1.82) is 0 Å². The van der Waals surface area contributed by atoms with Crippen LogP contribution in [0.1, 0.15) is 65.7 Å². The molecule has 0 saturated heterocycles. The normalized spacial score (nSPS) is 47.9. The maximum Gasteiger partial charge on any atom is 0.156 e. The van der Waals surface area contributed by atoms with Gasteiger partial charge in [-0.15, -0.1) is 0 Å². The minimum Gasteiger partial charge on any atom is -0.299 e. The predicted octanol–water partition coefficient (Wildman–Crippen LogP) is 4.64. The lowest BCUT2D eigenvalue weighted by molar-refractivity contribution is -0.132. The van der Waals surface area contributed by atoms with Crippen LogP contribution in [0.3, 0.4) is 0 Å². The summed E-state index contributed by atoms with van der Waals surface area (Å²) in [7, 11) is 0. The summed E-state index contributed by atoms with van der Waals surface area (Å²) in [5, 5.41) is 0. The summed E-state index contributed by atoms with van der Waals surface area (Å²) in [5.41, 5.74) is 2.78. The van der Waals surface area contributed by atoms with Gasteiger partial charge in [-0.25, -0.2) is 0 Å². The van der Waals surface area contributed by atoms with Gasteiger partial charge in [0.1, 0.15) is 5.78 Å². The van der Waals surface area contributed by atoms with E-state index in [2.05, 4.69) is 26.8 Å². The van der Waals surface area contributed by atoms with Crippen LogP contribution in [0.5, 0.6) is 0 Å². The molecule has 4 aliphatic carbocycles. The van der Waals surface area contributed by atoms with Crippen molar-refractivity contribution in [3.8, 4) is 0 Å². The van der Waals surface area contributed by atoms with Crippen LogP contribution < -0.4 is 0 Å². The number of rotatable bonds is 0. The van der Waals surface area contributed by atoms with Gasteiger partial charge in [-0.3, -0.25) is 9.59 Å². The minimum atomic E-state index is -0.0674. The van der Waals surface area contributed by atoms with Crippen molar-refractivity contribution >= 4 is 11.6 Å². The molecule has 0 N–H and O–H groups in total. The topological polar surface area (TPSA) is 34.1 Å². The highest BCUT2D eigenvalue weighted by Gasteiger charge is 2.59. The standard InChI is InChI=1S/C21H28O2/c1-4-13-11-15-16-5-6-19(23)21(16,3)10-8-17(15)20(2)9-7-14(22)12-18(13)20/h4,12,15-17H,5-11H2,1-3H3/b13-4+/t15?,16?,17?,20-,21+/m1/s1. The number of hydrogen-bond acceptors (Lipinski definition) is 2. The fourth-order valence-corrected chi connectivity index (χ4v) is 6.53. The Kier molecular flexibility index (Phi) is 3.28. The number of ketones is 2. The first-order chi connectivity index (χ1) is 10.9. The Hall–Kier alpha value is -1.18. The van der Waals surface area contributed by atoms with Gasteiger partial charge < -0.3 is 0 Å². The molecule has 0 bridgehead atoms. The van der Waals surface area contributed by atoms with E-state index < -0.39 is 0 Å². The van der Waals surface area contributed by atoms with E-state index in [9.17, 15) is 9.59 Å². The van der Waals surface area contributed by atoms with Crippen molar-refractivity contribution in [2.45, 2.75) is 65.7 Å². The summed E-state index contributed by atoms with van der Waals surface area (Å²) in [5.74, 6) is 2.64. The third-order valence-corrected chi connectivity index (χ3v) is 7.93. The van der Waals surface area contributed by atoms with Gasteiger partial charge in [0.2, 0.25) is 0 Å². The molecule has 124 valence electrons. The lowest BCUT2D eigenvalue weighted by Crippen LogP contribution is -2.51. The Morgan fingerprint density at radius 1 is 1.04 bits per heavy atom. The molecule has 0 heterocycles. The molecule has 2 nitrogen and oxygen atoms in total. The van der Waals surface area contributed by atoms with Gasteiger partial charge in [0.25, 0.3) is 0 Å². The average molecular weight is 312 g/mol. The smallest absolute Gasteiger partial charge is 0.156 e. The highest BCUT2D eigenvalue weighted by molar-refractivity contribution is 5.92. The molecule has 23 heavy (non-hydrogen) atoms. The van der Waals surface area contributed by atoms with Crippen LogP contribution >= 0.6 is 0 Å². The van der Waals surface area contributed by atoms with Crippen LogP contribution in [0.2, 0.25) is 0 Å². The molecular formula is C21H28O2. The van der Waals surface area contributed by atoms with Gasteiger partial charge in [-0.05, 0) is 79.4 Å². The van der Waals surface area contributed by atoms with Crippen LogP contribution in [0, 0.1) is 28.6 Å². The molecule has 0 aliphatic heterocycles. The van der Waals surface area contributed by atoms with Crippen LogP contribution in [0.4, 0.5) is 0 Å². The zero-order valence-corrected chi connectivity index (χ0v) is 14.7. The highest BCUT2D eigenvalue weighted by atomic mass is 16.1. The molecule has 0 amide bonds. The van der Waals surface area contributed by atoms with Crippen LogP contribution in [0.15, 0.2) is 23.3 Å². The first kappa shape index (κ1) is 15.4. The molecular weight excluding hydrogens is 284 g/mol. The number of carbonyl (C=O) groups excluding carboxylic acids is 2. The van der Waals surface area contributed by atoms with E-state index >= 15 is 0 Å². The maximum atomic E-state index is 12.5. The monoisotopic (exact) mass is 312 g/mol. The van der Waals surface area contributed by atoms with Gasteiger partial charge in [0, 0.05) is 18.3 Å². The zero-order valence-electron chi connectivity index (χ0n) is 14.7. The first-order valence-electron chi connectivity index (χ1n) is 9.34. The third kappa shape index (κ3) is 1.93. The van der Waals surface area contributed by atoms with E-state index in [-0.39, 0.29) is 10.8 Å². The number of Topliss-reactive ketones (excluding diaryl/α,β-unsaturated/α-hetero) is 1. The Balaban J connectivity index is 1.79. The highest BCUT2D eigenvalue weighted by Crippen LogP contribution is 2.65. The molecule has 0 aromatic carbocycles. The minimum absolute atomic E-state index is 0.0674. The molecule has 5 atom stereocenters. The quantitative estimate of drug-likeness (QED) is 0.653. The summed E-state index contributed by atoms with van der Waals surface area (Å²) in [4.78, 5) is 24.5. The van der Waals surface area contributed by atoms with Crippen molar-refractivity contribution in [2.75, 3.05) is 0 Å². The third-order valence-electron chi connectivity index (χ3n) is 7.93. The van der Waals surface area contributed by atoms with Crippen LogP contribution in [0.25, 0.3) is 0 Å². The van der Waals surface area contributed by atoms with Crippen molar-refractivity contribution in [1.82, 2.24) is 0 Å². The molecule has 3 saturated carbocycles. The van der Waals surface area contributed by atoms with Gasteiger partial charge in [0.15, 0.2) is 5.78 Å². The van der Waals surface area contributed by atoms with E-state index in [1.54, 1.807) is 0 Å². The van der Waals surface area contributed by atoms with Gasteiger partial charge >= 0.3 is 0 Å². The Morgan fingerprint density at radius 2 is 1.78 bits per heavy atom. The van der Waals surface area contributed by atoms with Crippen molar-refractivity contribution in [3.63, 3.8) is 0 Å². The van der Waals surface area contributed by atoms with Crippen LogP contribution in [-0.4, -0.2) is 11.6 Å². The number of allylic oxidation sites excluding steroid dienone is 3. The van der Waals surface area contributed by atoms with Crippen molar-refractivity contribution < 1.29 is 9.59 Å². The largest absolute Gasteiger partial charge is 0.299 e. The molecule has 0 aromatic rings. The average Bonchev–Trinajstić information content (AvgIpc) is 2.83. The second kappa shape index (κ2) is 4.91. The zero-order chi connectivity index (χ0) is 16.4. The van der Waals surface area contributed by atoms with Gasteiger partial charge in [-0.2, -0.15) is 0 Å². The Labute approximate surface area is 139 Å². The molecule has 3 fully saturated rings. The molecule has 0 aromatic heterocycles. The van der Waals surface area contributed by atoms with E-state index in [4.69, 9.17) is 0 Å². The molecule has 0 spiro atoms. The summed E-state index contributed by atoms with van der Waals surface area (Å²) < 4.78 is 0. The summed E-state index contributed by atoms with van der Waals surface area (Å²) in [6.45, 7) is 6.74. The van der Waals surface area contributed by atoms with Crippen LogP contribution in [-0.2, 0) is 9.59 Å². The van der Waals surface area contributed by atoms with E-state index in [0.717, 1.165) is 38.5 Å². The van der Waals surface area contributed by atoms with E-state index in [0.29, 0.717) is 35.7 Å². The molecule has 3 unspecified atom stereocenters. The lowest BCUT2D eigenvalue weighted by atomic mass is 9.46. The fraction of sp³-hybridized carbons (Fsp3) is 0.714. The molecule has 2 heteroatoms. The lowest BCUT2D eigenvalue weighted by Gasteiger charge is -2.57. The predicted molar refractivity (Wildman–Crippen MR) is 90.9 cm³/mol. The molecule has 0 radical (unpaired) electrons. The number of fused-ring (bicyclic) bond motifs is 5. The first-order valence-corrected chi connectivity index (χ1v) is 9.34. The second-order valence-corrected chi connectivity index (χ2v) is 8.75. The van der Waals surface area contributed by atoms with Gasteiger partial charge in [0.05, 0.1) is 0 Å². The summed E-state index contributed by atoms with van der Waals surface area (Å²) in [6.07, 6.45) is 11.0. The van der Waals surface area contributed by atoms with Gasteiger partial charge in [-0.1, -0.05) is 19.9 Å². The number of hydrogen-bond donors (Lipinski definition) is 0. The summed E-state index contributed by atoms with van der Waals surface area (Å²) >= 11 is 0. The van der Waals surface area contributed by atoms with E-state index in [1.807, 2.05) is 6.08 Å². The molecule has 4 aliphatic rings. The Morgan fingerprint density at radius 3 is 2.52 bits per heavy atom. The Bertz CT molecular complexity index is 640. The maximum absolute atomic E-state index is 12.5. The fourth-order valence-electron chi connectivity index (χ4n) is 6.53. The summed E-state index contributed by atoms with van der Waals surface area (Å²) in [6, 6.07) is 0. The van der Waals surface area contributed by atoms with Crippen molar-refractivity contribution in [3.05, 3.63) is 23.3 Å². The SMILES string of the molecule is C/C=C1\CC2C(CC[C@]3(C)C(=O)CCC23)[C@@]2(C)CCC(=O)C=C12. The number of carbonyl (C=O) groups is 2. The van der Waals surface area contributed by atoms with E-state index in [1.165, 1.54) is 11.1 Å². The molecule has 4 rings (SSSR count). The van der Waals surface area contributed by atoms with Crippen molar-refractivity contribution in [2.24, 2.45) is 28.6 Å². The second-order valence-electron chi connectivity index (χ2n) is 8.75.